The van der Waals surface area contributed by atoms with Gasteiger partial charge in [-0.25, -0.2) is 0 Å². The highest BCUT2D eigenvalue weighted by Crippen LogP contribution is 2.23. The Morgan fingerprint density at radius 2 is 2.00 bits per heavy atom. The molecule has 94 valence electrons. The maximum Gasteiger partial charge on any atom is 0.257 e. The number of rotatable bonds is 3. The van der Waals surface area contributed by atoms with Crippen molar-refractivity contribution in [1.29, 1.82) is 0 Å². The molecule has 0 unspecified atom stereocenters. The van der Waals surface area contributed by atoms with Gasteiger partial charge in [0.05, 0.1) is 18.4 Å². The lowest BCUT2D eigenvalue weighted by molar-refractivity contribution is -0.0000113. The standard InChI is InChI=1S/C13H12N2O2.ClH/c1-17-12-7-3-2-6-11(12)15-13(16)10-5-4-8-14-9-10;/h2-9H,1H3,(H,15,16);1H/p-1. The maximum atomic E-state index is 11.9. The summed E-state index contributed by atoms with van der Waals surface area (Å²) in [6.07, 6.45) is 3.14. The summed E-state index contributed by atoms with van der Waals surface area (Å²) in [4.78, 5) is 15.8. The number of carbonyl (C=O) groups is 1. The fourth-order valence-electron chi connectivity index (χ4n) is 1.44. The van der Waals surface area contributed by atoms with Gasteiger partial charge in [0.15, 0.2) is 0 Å². The van der Waals surface area contributed by atoms with E-state index in [1.165, 1.54) is 6.20 Å². The summed E-state index contributed by atoms with van der Waals surface area (Å²) in [5.74, 6) is 0.423. The van der Waals surface area contributed by atoms with Crippen molar-refractivity contribution >= 4 is 11.6 Å². The Labute approximate surface area is 111 Å². The molecule has 18 heavy (non-hydrogen) atoms. The first kappa shape index (κ1) is 14.0. The Morgan fingerprint density at radius 3 is 2.67 bits per heavy atom. The van der Waals surface area contributed by atoms with Crippen molar-refractivity contribution in [2.45, 2.75) is 0 Å². The van der Waals surface area contributed by atoms with Gasteiger partial charge in [0, 0.05) is 12.4 Å². The van der Waals surface area contributed by atoms with Crippen LogP contribution in [0.4, 0.5) is 5.69 Å². The molecular weight excluding hydrogens is 252 g/mol. The van der Waals surface area contributed by atoms with Crippen molar-refractivity contribution in [3.63, 3.8) is 0 Å². The number of methoxy groups -OCH3 is 1. The maximum absolute atomic E-state index is 11.9. The number of ether oxygens (including phenoxy) is 1. The number of amides is 1. The van der Waals surface area contributed by atoms with E-state index >= 15 is 0 Å². The van der Waals surface area contributed by atoms with Gasteiger partial charge in [-0.05, 0) is 24.3 Å². The van der Waals surface area contributed by atoms with Crippen LogP contribution in [0.15, 0.2) is 48.8 Å². The van der Waals surface area contributed by atoms with Gasteiger partial charge in [-0.1, -0.05) is 12.1 Å². The van der Waals surface area contributed by atoms with Crippen molar-refractivity contribution in [1.82, 2.24) is 4.98 Å². The lowest BCUT2D eigenvalue weighted by Gasteiger charge is -2.09. The van der Waals surface area contributed by atoms with Crippen molar-refractivity contribution in [2.24, 2.45) is 0 Å². The van der Waals surface area contributed by atoms with Crippen LogP contribution in [0.2, 0.25) is 0 Å². The van der Waals surface area contributed by atoms with Gasteiger partial charge in [-0.3, -0.25) is 9.78 Å². The fraction of sp³-hybridized carbons (Fsp3) is 0.0769. The van der Waals surface area contributed by atoms with E-state index in [0.717, 1.165) is 0 Å². The third kappa shape index (κ3) is 3.21. The Kier molecular flexibility index (Phi) is 5.14. The second-order valence-corrected chi connectivity index (χ2v) is 3.40. The molecule has 0 bridgehead atoms. The van der Waals surface area contributed by atoms with Crippen LogP contribution in [0.25, 0.3) is 0 Å². The van der Waals surface area contributed by atoms with Crippen LogP contribution in [-0.4, -0.2) is 18.0 Å². The monoisotopic (exact) mass is 263 g/mol. The number of anilines is 1. The van der Waals surface area contributed by atoms with Gasteiger partial charge >= 0.3 is 0 Å². The molecule has 0 aliphatic carbocycles. The highest BCUT2D eigenvalue weighted by molar-refractivity contribution is 6.04. The van der Waals surface area contributed by atoms with E-state index in [0.29, 0.717) is 17.0 Å². The molecule has 1 N–H and O–H groups in total. The van der Waals surface area contributed by atoms with Crippen LogP contribution < -0.4 is 22.5 Å². The fourth-order valence-corrected chi connectivity index (χ4v) is 1.44. The molecule has 0 spiro atoms. The lowest BCUT2D eigenvalue weighted by atomic mass is 10.2. The third-order valence-electron chi connectivity index (χ3n) is 2.28. The number of hydrogen-bond donors (Lipinski definition) is 1. The number of pyridine rings is 1. The SMILES string of the molecule is COc1ccccc1NC(=O)c1cccnc1.[Cl-]. The Bertz CT molecular complexity index is 517. The molecule has 0 aliphatic rings. The molecule has 2 aromatic rings. The van der Waals surface area contributed by atoms with Gasteiger partial charge in [0.1, 0.15) is 5.75 Å². The Morgan fingerprint density at radius 1 is 1.22 bits per heavy atom. The number of carbonyl (C=O) groups excluding carboxylic acids is 1. The summed E-state index contributed by atoms with van der Waals surface area (Å²) in [6, 6.07) is 10.7. The topological polar surface area (TPSA) is 51.2 Å². The van der Waals surface area contributed by atoms with Crippen LogP contribution in [0.5, 0.6) is 5.75 Å². The molecule has 1 aromatic carbocycles. The molecule has 0 aliphatic heterocycles. The minimum absolute atomic E-state index is 0. The van der Waals surface area contributed by atoms with Gasteiger partial charge in [0.2, 0.25) is 0 Å². The number of aromatic nitrogens is 1. The number of halogens is 1. The number of hydrogen-bond acceptors (Lipinski definition) is 3. The molecular formula is C13H12ClN2O2-. The summed E-state index contributed by atoms with van der Waals surface area (Å²) in [5.41, 5.74) is 1.15. The molecule has 0 radical (unpaired) electrons. The van der Waals surface area contributed by atoms with E-state index in [-0.39, 0.29) is 18.3 Å². The first-order chi connectivity index (χ1) is 8.31. The van der Waals surface area contributed by atoms with Crippen LogP contribution >= 0.6 is 0 Å². The Balaban J connectivity index is 0.00000162. The van der Waals surface area contributed by atoms with Crippen molar-refractivity contribution in [3.05, 3.63) is 54.4 Å². The quantitative estimate of drug-likeness (QED) is 0.801. The number of nitrogens with zero attached hydrogens (tertiary/aromatic N) is 1. The van der Waals surface area contributed by atoms with Crippen LogP contribution in [-0.2, 0) is 0 Å². The van der Waals surface area contributed by atoms with E-state index in [1.54, 1.807) is 37.6 Å². The number of benzene rings is 1. The van der Waals surface area contributed by atoms with E-state index in [4.69, 9.17) is 4.74 Å². The van der Waals surface area contributed by atoms with E-state index < -0.39 is 0 Å². The zero-order valence-electron chi connectivity index (χ0n) is 9.76. The zero-order chi connectivity index (χ0) is 12.1. The first-order valence-electron chi connectivity index (χ1n) is 5.15. The zero-order valence-corrected chi connectivity index (χ0v) is 10.5. The van der Waals surface area contributed by atoms with E-state index in [1.807, 2.05) is 12.1 Å². The molecule has 0 saturated heterocycles. The summed E-state index contributed by atoms with van der Waals surface area (Å²) in [5, 5.41) is 2.77. The Hall–Kier alpha value is -2.07. The molecule has 0 fully saturated rings. The van der Waals surface area contributed by atoms with E-state index in [9.17, 15) is 4.79 Å². The van der Waals surface area contributed by atoms with Crippen molar-refractivity contribution < 1.29 is 21.9 Å². The van der Waals surface area contributed by atoms with Crippen molar-refractivity contribution in [2.75, 3.05) is 12.4 Å². The van der Waals surface area contributed by atoms with E-state index in [2.05, 4.69) is 10.3 Å². The highest BCUT2D eigenvalue weighted by Gasteiger charge is 2.08. The summed E-state index contributed by atoms with van der Waals surface area (Å²) in [6.45, 7) is 0. The van der Waals surface area contributed by atoms with Crippen LogP contribution in [0.3, 0.4) is 0 Å². The predicted molar refractivity (Wildman–Crippen MR) is 65.2 cm³/mol. The highest BCUT2D eigenvalue weighted by atomic mass is 35.5. The second kappa shape index (κ2) is 6.61. The van der Waals surface area contributed by atoms with Crippen LogP contribution in [0, 0.1) is 0 Å². The van der Waals surface area contributed by atoms with Gasteiger partial charge in [-0.15, -0.1) is 0 Å². The molecule has 5 heteroatoms. The molecule has 1 aromatic heterocycles. The van der Waals surface area contributed by atoms with Gasteiger partial charge in [-0.2, -0.15) is 0 Å². The predicted octanol–water partition coefficient (Wildman–Crippen LogP) is -0.653. The largest absolute Gasteiger partial charge is 1.00 e. The molecule has 2 rings (SSSR count). The summed E-state index contributed by atoms with van der Waals surface area (Å²) < 4.78 is 5.15. The summed E-state index contributed by atoms with van der Waals surface area (Å²) in [7, 11) is 1.56. The van der Waals surface area contributed by atoms with Gasteiger partial charge < -0.3 is 22.5 Å². The first-order valence-corrected chi connectivity index (χ1v) is 5.15. The minimum atomic E-state index is -0.206. The minimum Gasteiger partial charge on any atom is -1.00 e. The molecule has 0 atom stereocenters. The average molecular weight is 264 g/mol. The number of nitrogens with one attached hydrogen (secondary N) is 1. The smallest absolute Gasteiger partial charge is 0.257 e. The lowest BCUT2D eigenvalue weighted by Crippen LogP contribution is -3.00. The second-order valence-electron chi connectivity index (χ2n) is 3.40. The third-order valence-corrected chi connectivity index (χ3v) is 2.28. The molecule has 1 amide bonds. The van der Waals surface area contributed by atoms with Gasteiger partial charge in [0.25, 0.3) is 5.91 Å². The normalized spacial score (nSPS) is 9.17. The van der Waals surface area contributed by atoms with Crippen molar-refractivity contribution in [3.8, 4) is 5.75 Å². The molecule has 0 saturated carbocycles. The molecule has 1 heterocycles. The average Bonchev–Trinajstić information content (AvgIpc) is 2.40. The molecule has 4 nitrogen and oxygen atoms in total. The summed E-state index contributed by atoms with van der Waals surface area (Å²) >= 11 is 0. The number of para-hydroxylation sites is 2. The van der Waals surface area contributed by atoms with Crippen LogP contribution in [0.1, 0.15) is 10.4 Å².